The zero-order chi connectivity index (χ0) is 23.2. The quantitative estimate of drug-likeness (QED) is 0.597. The van der Waals surface area contributed by atoms with Crippen LogP contribution in [0.2, 0.25) is 0 Å². The number of benzene rings is 1. The molecule has 0 spiro atoms. The van der Waals surface area contributed by atoms with Crippen molar-refractivity contribution in [3.05, 3.63) is 47.9 Å². The van der Waals surface area contributed by atoms with Gasteiger partial charge in [0, 0.05) is 50.6 Å². The van der Waals surface area contributed by atoms with Gasteiger partial charge in [0.05, 0.1) is 36.8 Å². The van der Waals surface area contributed by atoms with Crippen LogP contribution in [0, 0.1) is 5.92 Å². The second-order valence-corrected chi connectivity index (χ2v) is 9.28. The molecule has 178 valence electrons. The Morgan fingerprint density at radius 2 is 2.03 bits per heavy atom. The van der Waals surface area contributed by atoms with Crippen molar-refractivity contribution < 1.29 is 19.4 Å². The lowest BCUT2D eigenvalue weighted by atomic mass is 9.95. The average Bonchev–Trinajstić information content (AvgIpc) is 3.24. The van der Waals surface area contributed by atoms with Crippen LogP contribution in [0.5, 0.6) is 5.75 Å². The fraction of sp³-hybridized carbons (Fsp3) is 0.458. The predicted molar refractivity (Wildman–Crippen MR) is 125 cm³/mol. The van der Waals surface area contributed by atoms with Gasteiger partial charge in [-0.15, -0.1) is 0 Å². The van der Waals surface area contributed by atoms with E-state index in [0.717, 1.165) is 56.3 Å². The highest BCUT2D eigenvalue weighted by Crippen LogP contribution is 2.39. The highest BCUT2D eigenvalue weighted by molar-refractivity contribution is 6.09. The lowest BCUT2D eigenvalue weighted by molar-refractivity contribution is -0.0671. The molecule has 1 amide bonds. The third-order valence-electron chi connectivity index (χ3n) is 7.02. The summed E-state index contributed by atoms with van der Waals surface area (Å²) in [4.78, 5) is 22.3. The fourth-order valence-electron chi connectivity index (χ4n) is 4.88. The zero-order valence-electron chi connectivity index (χ0n) is 19.1. The number of anilines is 2. The molecule has 3 aliphatic rings. The highest BCUT2D eigenvalue weighted by atomic mass is 16.6. The summed E-state index contributed by atoms with van der Waals surface area (Å²) in [5.41, 5.74) is 3.52. The van der Waals surface area contributed by atoms with Crippen molar-refractivity contribution in [3.63, 3.8) is 0 Å². The molecule has 2 atom stereocenters. The van der Waals surface area contributed by atoms with Crippen LogP contribution < -0.4 is 15.0 Å². The maximum atomic E-state index is 13.3. The Morgan fingerprint density at radius 3 is 2.79 bits per heavy atom. The fourth-order valence-corrected chi connectivity index (χ4v) is 4.88. The van der Waals surface area contributed by atoms with Crippen molar-refractivity contribution in [2.75, 3.05) is 49.6 Å². The third kappa shape index (κ3) is 3.77. The van der Waals surface area contributed by atoms with E-state index in [1.165, 1.54) is 6.20 Å². The standard InChI is InChI=1S/C24H28N6O4/c1-15-9-16-10-19(27-23(31)18-12-26-30-4-2-3-25-22(18)30)20(11-21(16)34-24(15)32)29-7-5-28(6-8-29)17-13-33-14-17/h2-4,10-12,15,17,24,32H,5-9,13-14H2,1H3,(H,27,31)/t15?,24-/m1/s1. The van der Waals surface area contributed by atoms with Crippen LogP contribution in [0.4, 0.5) is 11.4 Å². The minimum atomic E-state index is -0.832. The van der Waals surface area contributed by atoms with Crippen LogP contribution in [0.15, 0.2) is 36.8 Å². The van der Waals surface area contributed by atoms with Crippen molar-refractivity contribution in [3.8, 4) is 5.75 Å². The van der Waals surface area contributed by atoms with Gasteiger partial charge in [0.15, 0.2) is 11.9 Å². The van der Waals surface area contributed by atoms with Crippen LogP contribution in [-0.4, -0.2) is 82.2 Å². The van der Waals surface area contributed by atoms with Gasteiger partial charge in [-0.25, -0.2) is 9.50 Å². The number of amides is 1. The lowest BCUT2D eigenvalue weighted by Gasteiger charge is -2.43. The molecule has 0 saturated carbocycles. The first kappa shape index (κ1) is 21.3. The largest absolute Gasteiger partial charge is 0.464 e. The maximum absolute atomic E-state index is 13.3. The van der Waals surface area contributed by atoms with Crippen LogP contribution >= 0.6 is 0 Å². The summed E-state index contributed by atoms with van der Waals surface area (Å²) < 4.78 is 12.8. The van der Waals surface area contributed by atoms with Gasteiger partial charge in [-0.05, 0) is 24.1 Å². The number of piperazine rings is 1. The number of ether oxygens (including phenoxy) is 2. The van der Waals surface area contributed by atoms with Gasteiger partial charge in [-0.1, -0.05) is 6.92 Å². The van der Waals surface area contributed by atoms with Crippen LogP contribution in [0.3, 0.4) is 0 Å². The molecule has 2 saturated heterocycles. The number of fused-ring (bicyclic) bond motifs is 2. The van der Waals surface area contributed by atoms with E-state index in [4.69, 9.17) is 9.47 Å². The number of rotatable bonds is 4. The first-order chi connectivity index (χ1) is 16.6. The third-order valence-corrected chi connectivity index (χ3v) is 7.02. The van der Waals surface area contributed by atoms with E-state index < -0.39 is 6.29 Å². The molecule has 0 aliphatic carbocycles. The molecular weight excluding hydrogens is 436 g/mol. The molecule has 2 aromatic heterocycles. The van der Waals surface area contributed by atoms with Crippen LogP contribution in [-0.2, 0) is 11.2 Å². The van der Waals surface area contributed by atoms with E-state index >= 15 is 0 Å². The molecule has 10 nitrogen and oxygen atoms in total. The van der Waals surface area contributed by atoms with E-state index in [9.17, 15) is 9.90 Å². The first-order valence-electron chi connectivity index (χ1n) is 11.7. The summed E-state index contributed by atoms with van der Waals surface area (Å²) in [5.74, 6) is 0.384. The van der Waals surface area contributed by atoms with E-state index in [1.54, 1.807) is 23.0 Å². The van der Waals surface area contributed by atoms with Gasteiger partial charge >= 0.3 is 0 Å². The molecule has 5 heterocycles. The molecule has 2 fully saturated rings. The monoisotopic (exact) mass is 464 g/mol. The van der Waals surface area contributed by atoms with Crippen LogP contribution in [0.25, 0.3) is 5.65 Å². The van der Waals surface area contributed by atoms with E-state index in [1.807, 2.05) is 19.1 Å². The van der Waals surface area contributed by atoms with Crippen molar-refractivity contribution in [2.24, 2.45) is 5.92 Å². The SMILES string of the molecule is CC1Cc2cc(NC(=O)c3cnn4cccnc34)c(N3CCN(C4COC4)CC3)cc2O[C@H]1O. The Balaban J connectivity index is 1.31. The van der Waals surface area contributed by atoms with E-state index in [2.05, 4.69) is 25.2 Å². The van der Waals surface area contributed by atoms with Crippen molar-refractivity contribution in [1.82, 2.24) is 19.5 Å². The van der Waals surface area contributed by atoms with Crippen molar-refractivity contribution in [1.29, 1.82) is 0 Å². The Morgan fingerprint density at radius 1 is 1.21 bits per heavy atom. The number of nitrogens with zero attached hydrogens (tertiary/aromatic N) is 5. The molecule has 3 aliphatic heterocycles. The number of carbonyl (C=O) groups is 1. The molecule has 34 heavy (non-hydrogen) atoms. The second kappa shape index (κ2) is 8.53. The van der Waals surface area contributed by atoms with Gasteiger partial charge in [0.2, 0.25) is 0 Å². The Hall–Kier alpha value is -3.21. The molecule has 0 radical (unpaired) electrons. The molecule has 6 rings (SSSR count). The van der Waals surface area contributed by atoms with E-state index in [0.29, 0.717) is 29.4 Å². The number of hydrogen-bond donors (Lipinski definition) is 2. The molecule has 10 heteroatoms. The smallest absolute Gasteiger partial charge is 0.261 e. The number of aromatic nitrogens is 3. The highest BCUT2D eigenvalue weighted by Gasteiger charge is 2.32. The number of carbonyl (C=O) groups excluding carboxylic acids is 1. The lowest BCUT2D eigenvalue weighted by Crippen LogP contribution is -2.56. The molecule has 1 unspecified atom stereocenters. The number of aliphatic hydroxyl groups is 1. The minimum Gasteiger partial charge on any atom is -0.464 e. The van der Waals surface area contributed by atoms with Crippen LogP contribution in [0.1, 0.15) is 22.8 Å². The normalized spacial score (nSPS) is 23.3. The molecular formula is C24H28N6O4. The van der Waals surface area contributed by atoms with E-state index in [-0.39, 0.29) is 11.8 Å². The van der Waals surface area contributed by atoms with Crippen molar-refractivity contribution in [2.45, 2.75) is 25.7 Å². The summed E-state index contributed by atoms with van der Waals surface area (Å²) in [6.07, 6.45) is 4.79. The summed E-state index contributed by atoms with van der Waals surface area (Å²) in [7, 11) is 0. The Labute approximate surface area is 197 Å². The van der Waals surface area contributed by atoms with Crippen molar-refractivity contribution >= 4 is 22.9 Å². The van der Waals surface area contributed by atoms with Gasteiger partial charge in [0.25, 0.3) is 5.91 Å². The molecule has 3 aromatic rings. The van der Waals surface area contributed by atoms with Gasteiger partial charge in [0.1, 0.15) is 11.3 Å². The molecule has 1 aromatic carbocycles. The molecule has 2 N–H and O–H groups in total. The summed E-state index contributed by atoms with van der Waals surface area (Å²) in [6, 6.07) is 6.22. The second-order valence-electron chi connectivity index (χ2n) is 9.28. The zero-order valence-corrected chi connectivity index (χ0v) is 19.1. The number of hydrogen-bond acceptors (Lipinski definition) is 8. The van der Waals surface area contributed by atoms with Gasteiger partial charge in [-0.3, -0.25) is 9.69 Å². The Kier molecular flexibility index (Phi) is 5.35. The number of aliphatic hydroxyl groups excluding tert-OH is 1. The maximum Gasteiger partial charge on any atom is 0.261 e. The predicted octanol–water partition coefficient (Wildman–Crippen LogP) is 1.39. The summed E-state index contributed by atoms with van der Waals surface area (Å²) >= 11 is 0. The average molecular weight is 465 g/mol. The first-order valence-corrected chi connectivity index (χ1v) is 11.7. The number of nitrogens with one attached hydrogen (secondary N) is 1. The topological polar surface area (TPSA) is 104 Å². The Bertz CT molecular complexity index is 1220. The summed E-state index contributed by atoms with van der Waals surface area (Å²) in [5, 5.41) is 17.6. The summed E-state index contributed by atoms with van der Waals surface area (Å²) in [6.45, 7) is 7.07. The molecule has 0 bridgehead atoms. The van der Waals surface area contributed by atoms with Gasteiger partial charge < -0.3 is 24.8 Å². The minimum absolute atomic E-state index is 0.0287. The van der Waals surface area contributed by atoms with Gasteiger partial charge in [-0.2, -0.15) is 5.10 Å².